The molecule has 0 spiro atoms. The van der Waals surface area contributed by atoms with E-state index in [2.05, 4.69) is 5.32 Å². The molecule has 0 fully saturated rings. The Kier molecular flexibility index (Phi) is 6.29. The van der Waals surface area contributed by atoms with Gasteiger partial charge in [0.15, 0.2) is 6.10 Å². The number of carbonyl (C=O) groups is 1. The smallest absolute Gasteiger partial charge is 0.265 e. The highest BCUT2D eigenvalue weighted by atomic mass is 35.5. The predicted molar refractivity (Wildman–Crippen MR) is 92.4 cm³/mol. The van der Waals surface area contributed by atoms with E-state index in [1.807, 2.05) is 32.0 Å². The van der Waals surface area contributed by atoms with Crippen LogP contribution in [0.25, 0.3) is 0 Å². The maximum Gasteiger partial charge on any atom is 0.265 e. The number of nitrogens with one attached hydrogen (secondary N) is 1. The molecule has 0 saturated heterocycles. The number of ether oxygens (including phenoxy) is 2. The zero-order chi connectivity index (χ0) is 16.7. The Morgan fingerprint density at radius 2 is 1.87 bits per heavy atom. The first kappa shape index (κ1) is 17.2. The molecule has 0 bridgehead atoms. The molecule has 0 saturated carbocycles. The lowest BCUT2D eigenvalue weighted by Crippen LogP contribution is -2.32. The summed E-state index contributed by atoms with van der Waals surface area (Å²) in [5.74, 6) is 1.13. The lowest BCUT2D eigenvalue weighted by atomic mass is 10.2. The van der Waals surface area contributed by atoms with E-state index < -0.39 is 6.10 Å². The number of anilines is 1. The topological polar surface area (TPSA) is 47.6 Å². The number of hydrogen-bond donors (Lipinski definition) is 1. The lowest BCUT2D eigenvalue weighted by molar-refractivity contribution is -0.122. The second kappa shape index (κ2) is 8.44. The van der Waals surface area contributed by atoms with E-state index in [1.165, 1.54) is 0 Å². The molecule has 2 aromatic rings. The molecule has 0 aliphatic carbocycles. The van der Waals surface area contributed by atoms with Crippen molar-refractivity contribution in [1.82, 2.24) is 0 Å². The highest BCUT2D eigenvalue weighted by Gasteiger charge is 2.18. The van der Waals surface area contributed by atoms with Crippen molar-refractivity contribution in [3.8, 4) is 11.5 Å². The molecular weight excluding hydrogens is 314 g/mol. The van der Waals surface area contributed by atoms with Gasteiger partial charge in [-0.15, -0.1) is 0 Å². The van der Waals surface area contributed by atoms with Gasteiger partial charge in [0.2, 0.25) is 0 Å². The van der Waals surface area contributed by atoms with Crippen LogP contribution in [0.2, 0.25) is 5.02 Å². The summed E-state index contributed by atoms with van der Waals surface area (Å²) in [4.78, 5) is 12.4. The van der Waals surface area contributed by atoms with E-state index in [0.29, 0.717) is 29.5 Å². The van der Waals surface area contributed by atoms with Crippen molar-refractivity contribution in [3.63, 3.8) is 0 Å². The summed E-state index contributed by atoms with van der Waals surface area (Å²) in [7, 11) is 0. The second-order valence-electron chi connectivity index (χ2n) is 4.92. The maximum absolute atomic E-state index is 12.4. The van der Waals surface area contributed by atoms with Gasteiger partial charge in [0.1, 0.15) is 11.5 Å². The number of carbonyl (C=O) groups excluding carboxylic acids is 1. The summed E-state index contributed by atoms with van der Waals surface area (Å²) in [5, 5.41) is 3.48. The van der Waals surface area contributed by atoms with E-state index >= 15 is 0 Å². The third kappa shape index (κ3) is 5.18. The lowest BCUT2D eigenvalue weighted by Gasteiger charge is -2.17. The Morgan fingerprint density at radius 3 is 2.52 bits per heavy atom. The van der Waals surface area contributed by atoms with E-state index in [9.17, 15) is 4.79 Å². The van der Waals surface area contributed by atoms with Gasteiger partial charge in [-0.2, -0.15) is 0 Å². The highest BCUT2D eigenvalue weighted by molar-refractivity contribution is 6.30. The van der Waals surface area contributed by atoms with Crippen molar-refractivity contribution >= 4 is 23.2 Å². The fraction of sp³-hybridized carbons (Fsp3) is 0.278. The van der Waals surface area contributed by atoms with Gasteiger partial charge >= 0.3 is 0 Å². The van der Waals surface area contributed by atoms with Crippen molar-refractivity contribution in [3.05, 3.63) is 53.6 Å². The van der Waals surface area contributed by atoms with Gasteiger partial charge < -0.3 is 14.8 Å². The monoisotopic (exact) mass is 333 g/mol. The Labute approximate surface area is 141 Å². The molecule has 2 aromatic carbocycles. The van der Waals surface area contributed by atoms with Crippen molar-refractivity contribution in [2.75, 3.05) is 11.9 Å². The second-order valence-corrected chi connectivity index (χ2v) is 5.36. The Bertz CT molecular complexity index is 643. The van der Waals surface area contributed by atoms with Crippen LogP contribution in [0.1, 0.15) is 20.3 Å². The summed E-state index contributed by atoms with van der Waals surface area (Å²) in [6.45, 7) is 4.39. The number of amides is 1. The van der Waals surface area contributed by atoms with Crippen LogP contribution in [0.4, 0.5) is 5.69 Å². The molecule has 5 heteroatoms. The average molecular weight is 334 g/mol. The summed E-state index contributed by atoms with van der Waals surface area (Å²) >= 11 is 5.85. The van der Waals surface area contributed by atoms with E-state index in [-0.39, 0.29) is 5.91 Å². The van der Waals surface area contributed by atoms with Crippen LogP contribution in [0, 0.1) is 0 Å². The standard InChI is InChI=1S/C18H20ClNO3/c1-3-17(23-15-10-8-13(19)9-11-15)18(21)20-14-6-5-7-16(12-14)22-4-2/h5-12,17H,3-4H2,1-2H3,(H,20,21). The molecule has 1 amide bonds. The van der Waals surface area contributed by atoms with Gasteiger partial charge in [0.05, 0.1) is 6.61 Å². The molecule has 4 nitrogen and oxygen atoms in total. The van der Waals surface area contributed by atoms with Crippen LogP contribution in [0.15, 0.2) is 48.5 Å². The molecule has 0 heterocycles. The van der Waals surface area contributed by atoms with Crippen LogP contribution in [-0.2, 0) is 4.79 Å². The summed E-state index contributed by atoms with van der Waals surface area (Å²) in [6, 6.07) is 14.2. The van der Waals surface area contributed by atoms with E-state index in [0.717, 1.165) is 5.75 Å². The fourth-order valence-corrected chi connectivity index (χ4v) is 2.18. The average Bonchev–Trinajstić information content (AvgIpc) is 2.55. The van der Waals surface area contributed by atoms with Gasteiger partial charge in [-0.25, -0.2) is 0 Å². The predicted octanol–water partition coefficient (Wildman–Crippen LogP) is 4.53. The minimum Gasteiger partial charge on any atom is -0.494 e. The number of benzene rings is 2. The zero-order valence-corrected chi connectivity index (χ0v) is 14.0. The number of halogens is 1. The van der Waals surface area contributed by atoms with Crippen LogP contribution in [0.3, 0.4) is 0 Å². The number of rotatable bonds is 7. The van der Waals surface area contributed by atoms with Crippen molar-refractivity contribution < 1.29 is 14.3 Å². The molecule has 23 heavy (non-hydrogen) atoms. The SMILES string of the molecule is CCOc1cccc(NC(=O)C(CC)Oc2ccc(Cl)cc2)c1. The summed E-state index contributed by atoms with van der Waals surface area (Å²) in [5.41, 5.74) is 0.680. The van der Waals surface area contributed by atoms with Crippen molar-refractivity contribution in [1.29, 1.82) is 0 Å². The summed E-state index contributed by atoms with van der Waals surface area (Å²) in [6.07, 6.45) is -0.0218. The molecule has 1 unspecified atom stereocenters. The Balaban J connectivity index is 2.02. The minimum atomic E-state index is -0.577. The molecular formula is C18H20ClNO3. The Hall–Kier alpha value is -2.20. The molecule has 0 aromatic heterocycles. The fourth-order valence-electron chi connectivity index (χ4n) is 2.05. The van der Waals surface area contributed by atoms with Crippen LogP contribution >= 0.6 is 11.6 Å². The minimum absolute atomic E-state index is 0.198. The van der Waals surface area contributed by atoms with Gasteiger partial charge in [0.25, 0.3) is 5.91 Å². The zero-order valence-electron chi connectivity index (χ0n) is 13.2. The first-order valence-electron chi connectivity index (χ1n) is 7.58. The van der Waals surface area contributed by atoms with Crippen molar-refractivity contribution in [2.24, 2.45) is 0 Å². The largest absolute Gasteiger partial charge is 0.494 e. The molecule has 122 valence electrons. The molecule has 1 N–H and O–H groups in total. The maximum atomic E-state index is 12.4. The normalized spacial score (nSPS) is 11.6. The third-order valence-corrected chi connectivity index (χ3v) is 3.42. The van der Waals surface area contributed by atoms with Crippen molar-refractivity contribution in [2.45, 2.75) is 26.4 Å². The molecule has 1 atom stereocenters. The molecule has 0 aliphatic rings. The highest BCUT2D eigenvalue weighted by Crippen LogP contribution is 2.20. The quantitative estimate of drug-likeness (QED) is 0.809. The third-order valence-electron chi connectivity index (χ3n) is 3.17. The molecule has 0 aliphatic heterocycles. The molecule has 0 radical (unpaired) electrons. The molecule has 2 rings (SSSR count). The van der Waals surface area contributed by atoms with Gasteiger partial charge in [-0.05, 0) is 49.7 Å². The van der Waals surface area contributed by atoms with Gasteiger partial charge in [-0.1, -0.05) is 24.6 Å². The first-order valence-corrected chi connectivity index (χ1v) is 7.96. The van der Waals surface area contributed by atoms with Gasteiger partial charge in [-0.3, -0.25) is 4.79 Å². The first-order chi connectivity index (χ1) is 11.1. The van der Waals surface area contributed by atoms with Gasteiger partial charge in [0, 0.05) is 16.8 Å². The van der Waals surface area contributed by atoms with Crippen LogP contribution in [0.5, 0.6) is 11.5 Å². The summed E-state index contributed by atoms with van der Waals surface area (Å²) < 4.78 is 11.2. The van der Waals surface area contributed by atoms with E-state index in [4.69, 9.17) is 21.1 Å². The Morgan fingerprint density at radius 1 is 1.13 bits per heavy atom. The number of hydrogen-bond acceptors (Lipinski definition) is 3. The van der Waals surface area contributed by atoms with Crippen LogP contribution < -0.4 is 14.8 Å². The van der Waals surface area contributed by atoms with E-state index in [1.54, 1.807) is 30.3 Å². The van der Waals surface area contributed by atoms with Crippen LogP contribution in [-0.4, -0.2) is 18.6 Å².